The van der Waals surface area contributed by atoms with E-state index in [1.165, 1.54) is 5.56 Å². The smallest absolute Gasteiger partial charge is 0.191 e. The van der Waals surface area contributed by atoms with E-state index in [-0.39, 0.29) is 6.04 Å². The Bertz CT molecular complexity index is 682. The summed E-state index contributed by atoms with van der Waals surface area (Å²) in [5, 5.41) is 7.08. The molecule has 0 saturated heterocycles. The zero-order chi connectivity index (χ0) is 17.5. The fourth-order valence-electron chi connectivity index (χ4n) is 2.86. The Morgan fingerprint density at radius 2 is 2.16 bits per heavy atom. The van der Waals surface area contributed by atoms with Gasteiger partial charge in [0.25, 0.3) is 0 Å². The van der Waals surface area contributed by atoms with Gasteiger partial charge in [0, 0.05) is 31.0 Å². The first-order valence-electron chi connectivity index (χ1n) is 9.08. The molecule has 2 N–H and O–H groups in total. The van der Waals surface area contributed by atoms with Crippen molar-refractivity contribution in [1.82, 2.24) is 10.6 Å². The zero-order valence-electron chi connectivity index (χ0n) is 15.0. The van der Waals surface area contributed by atoms with Gasteiger partial charge >= 0.3 is 0 Å². The summed E-state index contributed by atoms with van der Waals surface area (Å²) in [6.07, 6.45) is 4.47. The molecule has 0 aliphatic carbocycles. The van der Waals surface area contributed by atoms with Crippen molar-refractivity contribution >= 4 is 5.96 Å². The Morgan fingerprint density at radius 3 is 2.96 bits per heavy atom. The zero-order valence-corrected chi connectivity index (χ0v) is 15.0. The summed E-state index contributed by atoms with van der Waals surface area (Å²) in [4.78, 5) is 4.75. The summed E-state index contributed by atoms with van der Waals surface area (Å²) < 4.78 is 11.1. The first-order chi connectivity index (χ1) is 12.3. The van der Waals surface area contributed by atoms with Crippen LogP contribution in [0.3, 0.4) is 0 Å². The van der Waals surface area contributed by atoms with Crippen LogP contribution in [0, 0.1) is 0 Å². The lowest BCUT2D eigenvalue weighted by Gasteiger charge is -2.29. The summed E-state index contributed by atoms with van der Waals surface area (Å²) in [6.45, 7) is 5.74. The first-order valence-corrected chi connectivity index (χ1v) is 9.08. The predicted octanol–water partition coefficient (Wildman–Crippen LogP) is 3.68. The number of aliphatic imine (C=N–C) groups is 1. The lowest BCUT2D eigenvalue weighted by molar-refractivity contribution is 0.261. The number of hydrogen-bond acceptors (Lipinski definition) is 3. The molecule has 5 nitrogen and oxygen atoms in total. The van der Waals surface area contributed by atoms with Gasteiger partial charge in [-0.05, 0) is 31.5 Å². The highest BCUT2D eigenvalue weighted by atomic mass is 16.5. The molecule has 0 amide bonds. The topological polar surface area (TPSA) is 58.8 Å². The van der Waals surface area contributed by atoms with Crippen molar-refractivity contribution in [3.05, 3.63) is 54.0 Å². The van der Waals surface area contributed by atoms with Crippen molar-refractivity contribution < 1.29 is 9.15 Å². The van der Waals surface area contributed by atoms with Crippen molar-refractivity contribution in [3.63, 3.8) is 0 Å². The number of hydrogen-bond donors (Lipinski definition) is 2. The van der Waals surface area contributed by atoms with Crippen LogP contribution in [0.4, 0.5) is 0 Å². The van der Waals surface area contributed by atoms with Gasteiger partial charge in [-0.2, -0.15) is 0 Å². The maximum absolute atomic E-state index is 5.75. The molecule has 0 saturated carbocycles. The Labute approximate surface area is 149 Å². The lowest BCUT2D eigenvalue weighted by Crippen LogP contribution is -2.44. The third-order valence-electron chi connectivity index (χ3n) is 4.47. The Balaban J connectivity index is 1.69. The summed E-state index contributed by atoms with van der Waals surface area (Å²) in [6, 6.07) is 12.7. The number of guanidine groups is 1. The average Bonchev–Trinajstić information content (AvgIpc) is 3.15. The van der Waals surface area contributed by atoms with Crippen molar-refractivity contribution in [3.8, 4) is 5.75 Å². The minimum atomic E-state index is 0.212. The van der Waals surface area contributed by atoms with Crippen LogP contribution in [-0.4, -0.2) is 25.2 Å². The second kappa shape index (κ2) is 8.60. The van der Waals surface area contributed by atoms with Crippen molar-refractivity contribution in [2.24, 2.45) is 4.99 Å². The Hall–Kier alpha value is -2.43. The van der Waals surface area contributed by atoms with Crippen LogP contribution in [0.5, 0.6) is 5.75 Å². The van der Waals surface area contributed by atoms with E-state index in [0.717, 1.165) is 43.3 Å². The number of rotatable bonds is 6. The molecule has 0 bridgehead atoms. The molecule has 0 fully saturated rings. The number of nitrogens with one attached hydrogen (secondary N) is 2. The summed E-state index contributed by atoms with van der Waals surface area (Å²) >= 11 is 0. The van der Waals surface area contributed by atoms with Crippen LogP contribution in [0.15, 0.2) is 52.1 Å². The molecule has 134 valence electrons. The van der Waals surface area contributed by atoms with E-state index < -0.39 is 0 Å². The molecule has 2 atom stereocenters. The molecule has 2 heterocycles. The molecule has 2 aromatic rings. The summed E-state index contributed by atoms with van der Waals surface area (Å²) in [5.41, 5.74) is 1.19. The van der Waals surface area contributed by atoms with Gasteiger partial charge in [0.2, 0.25) is 0 Å². The van der Waals surface area contributed by atoms with Crippen molar-refractivity contribution in [1.29, 1.82) is 0 Å². The van der Waals surface area contributed by atoms with Gasteiger partial charge in [0.1, 0.15) is 11.5 Å². The maximum Gasteiger partial charge on any atom is 0.191 e. The minimum absolute atomic E-state index is 0.212. The largest absolute Gasteiger partial charge is 0.493 e. The first kappa shape index (κ1) is 17.4. The monoisotopic (exact) mass is 341 g/mol. The molecular weight excluding hydrogens is 314 g/mol. The molecule has 1 aromatic heterocycles. The van der Waals surface area contributed by atoms with Crippen LogP contribution < -0.4 is 15.4 Å². The molecule has 0 spiro atoms. The minimum Gasteiger partial charge on any atom is -0.493 e. The van der Waals surface area contributed by atoms with Crippen molar-refractivity contribution in [2.45, 2.75) is 45.2 Å². The third kappa shape index (κ3) is 4.78. The number of fused-ring (bicyclic) bond motifs is 1. The van der Waals surface area contributed by atoms with Crippen LogP contribution in [0.1, 0.15) is 44.1 Å². The lowest BCUT2D eigenvalue weighted by atomic mass is 10.0. The standard InChI is InChI=1S/C20H27N3O2/c1-3-15(2)22-20(21-12-10-16-7-6-13-24-16)23-18-11-14-25-19-9-5-4-8-17(18)19/h4-9,13,15,18H,3,10-12,14H2,1-2H3,(H2,21,22,23). The molecular formula is C20H27N3O2. The van der Waals surface area contributed by atoms with E-state index in [2.05, 4.69) is 36.6 Å². The third-order valence-corrected chi connectivity index (χ3v) is 4.47. The van der Waals surface area contributed by atoms with Crippen LogP contribution in [0.2, 0.25) is 0 Å². The van der Waals surface area contributed by atoms with E-state index in [9.17, 15) is 0 Å². The summed E-state index contributed by atoms with van der Waals surface area (Å²) in [5.74, 6) is 2.77. The van der Waals surface area contributed by atoms with E-state index in [1.807, 2.05) is 24.3 Å². The highest BCUT2D eigenvalue weighted by molar-refractivity contribution is 5.80. The number of benzene rings is 1. The quantitative estimate of drug-likeness (QED) is 0.621. The summed E-state index contributed by atoms with van der Waals surface area (Å²) in [7, 11) is 0. The molecule has 0 radical (unpaired) electrons. The fraction of sp³-hybridized carbons (Fsp3) is 0.450. The van der Waals surface area contributed by atoms with Gasteiger partial charge in [-0.1, -0.05) is 25.1 Å². The molecule has 5 heteroatoms. The van der Waals surface area contributed by atoms with Gasteiger partial charge in [-0.3, -0.25) is 4.99 Å². The number of ether oxygens (including phenoxy) is 1. The predicted molar refractivity (Wildman–Crippen MR) is 100 cm³/mol. The highest BCUT2D eigenvalue weighted by Gasteiger charge is 2.22. The van der Waals surface area contributed by atoms with E-state index in [0.29, 0.717) is 12.6 Å². The van der Waals surface area contributed by atoms with Crippen LogP contribution in [-0.2, 0) is 6.42 Å². The van der Waals surface area contributed by atoms with Crippen molar-refractivity contribution in [2.75, 3.05) is 13.2 Å². The van der Waals surface area contributed by atoms with Crippen LogP contribution in [0.25, 0.3) is 0 Å². The molecule has 1 aliphatic rings. The second-order valence-corrected chi connectivity index (χ2v) is 6.39. The number of nitrogens with zero attached hydrogens (tertiary/aromatic N) is 1. The van der Waals surface area contributed by atoms with Gasteiger partial charge in [0.15, 0.2) is 5.96 Å². The van der Waals surface area contributed by atoms with Gasteiger partial charge in [-0.15, -0.1) is 0 Å². The second-order valence-electron chi connectivity index (χ2n) is 6.39. The fourth-order valence-corrected chi connectivity index (χ4v) is 2.86. The van der Waals surface area contributed by atoms with E-state index in [4.69, 9.17) is 14.1 Å². The number of para-hydroxylation sites is 1. The van der Waals surface area contributed by atoms with Gasteiger partial charge in [-0.25, -0.2) is 0 Å². The Kier molecular flexibility index (Phi) is 5.99. The Morgan fingerprint density at radius 1 is 1.28 bits per heavy atom. The average molecular weight is 341 g/mol. The maximum atomic E-state index is 5.75. The van der Waals surface area contributed by atoms with E-state index in [1.54, 1.807) is 6.26 Å². The van der Waals surface area contributed by atoms with Crippen LogP contribution >= 0.6 is 0 Å². The normalized spacial score (nSPS) is 18.2. The van der Waals surface area contributed by atoms with E-state index >= 15 is 0 Å². The molecule has 1 aromatic carbocycles. The number of furan rings is 1. The molecule has 2 unspecified atom stereocenters. The van der Waals surface area contributed by atoms with Gasteiger partial charge in [0.05, 0.1) is 18.9 Å². The highest BCUT2D eigenvalue weighted by Crippen LogP contribution is 2.31. The SMILES string of the molecule is CCC(C)NC(=NCCc1ccco1)NC1CCOc2ccccc21. The van der Waals surface area contributed by atoms with Gasteiger partial charge < -0.3 is 19.8 Å². The molecule has 3 rings (SSSR count). The molecule has 1 aliphatic heterocycles. The molecule has 25 heavy (non-hydrogen) atoms.